The van der Waals surface area contributed by atoms with E-state index < -0.39 is 6.10 Å². The van der Waals surface area contributed by atoms with Gasteiger partial charge in [0.25, 0.3) is 0 Å². The minimum atomic E-state index is -0.798. The van der Waals surface area contributed by atoms with Gasteiger partial charge in [0.1, 0.15) is 18.2 Å². The highest BCUT2D eigenvalue weighted by atomic mass is 16.5. The molecule has 0 aliphatic rings. The summed E-state index contributed by atoms with van der Waals surface area (Å²) in [5.41, 5.74) is 2.34. The van der Waals surface area contributed by atoms with Crippen LogP contribution in [0, 0.1) is 6.92 Å². The molecular formula is C13H14N2O2. The van der Waals surface area contributed by atoms with Crippen molar-refractivity contribution in [1.82, 2.24) is 9.97 Å². The van der Waals surface area contributed by atoms with E-state index in [4.69, 9.17) is 4.74 Å². The van der Waals surface area contributed by atoms with E-state index in [1.54, 1.807) is 19.4 Å². The Kier molecular flexibility index (Phi) is 3.35. The van der Waals surface area contributed by atoms with Gasteiger partial charge in [-0.1, -0.05) is 11.6 Å². The average molecular weight is 230 g/mol. The lowest BCUT2D eigenvalue weighted by Crippen LogP contribution is -2.05. The summed E-state index contributed by atoms with van der Waals surface area (Å²) in [6, 6.07) is 7.36. The Labute approximate surface area is 99.9 Å². The van der Waals surface area contributed by atoms with Gasteiger partial charge in [0.15, 0.2) is 0 Å². The molecule has 0 amide bonds. The number of aromatic nitrogens is 2. The summed E-state index contributed by atoms with van der Waals surface area (Å²) in [5, 5.41) is 10.3. The first-order valence-corrected chi connectivity index (χ1v) is 5.31. The van der Waals surface area contributed by atoms with E-state index in [9.17, 15) is 5.11 Å². The topological polar surface area (TPSA) is 55.2 Å². The molecular weight excluding hydrogens is 216 g/mol. The number of ether oxygens (including phenoxy) is 1. The molecule has 1 N–H and O–H groups in total. The Balaban J connectivity index is 2.43. The second-order valence-electron chi connectivity index (χ2n) is 3.78. The highest BCUT2D eigenvalue weighted by Gasteiger charge is 2.16. The molecule has 17 heavy (non-hydrogen) atoms. The molecule has 1 unspecified atom stereocenters. The van der Waals surface area contributed by atoms with E-state index in [0.29, 0.717) is 17.0 Å². The van der Waals surface area contributed by atoms with Crippen molar-refractivity contribution in [3.63, 3.8) is 0 Å². The summed E-state index contributed by atoms with van der Waals surface area (Å²) in [4.78, 5) is 7.87. The van der Waals surface area contributed by atoms with Gasteiger partial charge >= 0.3 is 0 Å². The van der Waals surface area contributed by atoms with Gasteiger partial charge in [0.05, 0.1) is 12.8 Å². The normalized spacial score (nSPS) is 12.2. The number of aryl methyl sites for hydroxylation is 1. The summed E-state index contributed by atoms with van der Waals surface area (Å²) in [6.07, 6.45) is 2.22. The molecule has 2 rings (SSSR count). The fourth-order valence-electron chi connectivity index (χ4n) is 1.69. The van der Waals surface area contributed by atoms with Crippen LogP contribution in [-0.2, 0) is 0 Å². The maximum absolute atomic E-state index is 10.3. The van der Waals surface area contributed by atoms with Crippen molar-refractivity contribution in [2.75, 3.05) is 7.11 Å². The van der Waals surface area contributed by atoms with Crippen molar-refractivity contribution in [2.24, 2.45) is 0 Å². The lowest BCUT2D eigenvalue weighted by atomic mass is 10.0. The van der Waals surface area contributed by atoms with E-state index in [-0.39, 0.29) is 0 Å². The van der Waals surface area contributed by atoms with E-state index in [2.05, 4.69) is 9.97 Å². The second-order valence-corrected chi connectivity index (χ2v) is 3.78. The molecule has 1 heterocycles. The van der Waals surface area contributed by atoms with Crippen LogP contribution < -0.4 is 4.74 Å². The highest BCUT2D eigenvalue weighted by molar-refractivity contribution is 5.41. The Bertz CT molecular complexity index is 500. The Morgan fingerprint density at radius 2 is 2.12 bits per heavy atom. The van der Waals surface area contributed by atoms with Crippen LogP contribution in [0.1, 0.15) is 22.9 Å². The Morgan fingerprint density at radius 3 is 2.76 bits per heavy atom. The zero-order chi connectivity index (χ0) is 12.3. The lowest BCUT2D eigenvalue weighted by Gasteiger charge is -2.14. The maximum Gasteiger partial charge on any atom is 0.125 e. The van der Waals surface area contributed by atoms with Crippen LogP contribution in [0.25, 0.3) is 0 Å². The minimum Gasteiger partial charge on any atom is -0.496 e. The van der Waals surface area contributed by atoms with Crippen molar-refractivity contribution in [1.29, 1.82) is 0 Å². The van der Waals surface area contributed by atoms with Gasteiger partial charge in [-0.2, -0.15) is 0 Å². The summed E-state index contributed by atoms with van der Waals surface area (Å²) >= 11 is 0. The monoisotopic (exact) mass is 230 g/mol. The fourth-order valence-corrected chi connectivity index (χ4v) is 1.69. The lowest BCUT2D eigenvalue weighted by molar-refractivity contribution is 0.209. The van der Waals surface area contributed by atoms with E-state index in [1.165, 1.54) is 6.33 Å². The van der Waals surface area contributed by atoms with Crippen LogP contribution in [0.5, 0.6) is 5.75 Å². The maximum atomic E-state index is 10.3. The van der Waals surface area contributed by atoms with Crippen LogP contribution in [0.15, 0.2) is 36.8 Å². The minimum absolute atomic E-state index is 0.559. The number of aliphatic hydroxyl groups is 1. The molecule has 1 aromatic heterocycles. The van der Waals surface area contributed by atoms with Gasteiger partial charge in [-0.25, -0.2) is 9.97 Å². The average Bonchev–Trinajstić information content (AvgIpc) is 2.39. The van der Waals surface area contributed by atoms with Crippen LogP contribution in [-0.4, -0.2) is 22.2 Å². The predicted molar refractivity (Wildman–Crippen MR) is 63.8 cm³/mol. The van der Waals surface area contributed by atoms with E-state index in [1.807, 2.05) is 25.1 Å². The number of rotatable bonds is 3. The third-order valence-corrected chi connectivity index (χ3v) is 2.56. The van der Waals surface area contributed by atoms with Crippen molar-refractivity contribution < 1.29 is 9.84 Å². The van der Waals surface area contributed by atoms with Crippen LogP contribution >= 0.6 is 0 Å². The van der Waals surface area contributed by atoms with Gasteiger partial charge < -0.3 is 9.84 Å². The summed E-state index contributed by atoms with van der Waals surface area (Å²) < 4.78 is 5.24. The van der Waals surface area contributed by atoms with E-state index >= 15 is 0 Å². The molecule has 88 valence electrons. The number of benzene rings is 1. The largest absolute Gasteiger partial charge is 0.496 e. The predicted octanol–water partition coefficient (Wildman–Crippen LogP) is 1.88. The molecule has 0 aliphatic carbocycles. The van der Waals surface area contributed by atoms with Gasteiger partial charge in [-0.15, -0.1) is 0 Å². The molecule has 4 heteroatoms. The van der Waals surface area contributed by atoms with Crippen molar-refractivity contribution in [3.8, 4) is 5.75 Å². The number of nitrogens with zero attached hydrogens (tertiary/aromatic N) is 2. The van der Waals surface area contributed by atoms with E-state index in [0.717, 1.165) is 5.56 Å². The quantitative estimate of drug-likeness (QED) is 0.874. The van der Waals surface area contributed by atoms with Crippen molar-refractivity contribution in [2.45, 2.75) is 13.0 Å². The first-order valence-electron chi connectivity index (χ1n) is 5.31. The Hall–Kier alpha value is -1.94. The van der Waals surface area contributed by atoms with Crippen molar-refractivity contribution >= 4 is 0 Å². The fraction of sp³-hybridized carbons (Fsp3) is 0.231. The van der Waals surface area contributed by atoms with Crippen LogP contribution in [0.2, 0.25) is 0 Å². The molecule has 0 radical (unpaired) electrons. The SMILES string of the molecule is COc1ccc(C)cc1C(O)c1ccncn1. The molecule has 1 aromatic carbocycles. The number of hydrogen-bond donors (Lipinski definition) is 1. The number of methoxy groups -OCH3 is 1. The third kappa shape index (κ3) is 2.42. The standard InChI is InChI=1S/C13H14N2O2/c1-9-3-4-12(17-2)10(7-9)13(16)11-5-6-14-8-15-11/h3-8,13,16H,1-2H3. The third-order valence-electron chi connectivity index (χ3n) is 2.56. The van der Waals surface area contributed by atoms with Gasteiger partial charge in [-0.3, -0.25) is 0 Å². The molecule has 4 nitrogen and oxygen atoms in total. The number of hydrogen-bond acceptors (Lipinski definition) is 4. The zero-order valence-corrected chi connectivity index (χ0v) is 9.79. The van der Waals surface area contributed by atoms with Crippen LogP contribution in [0.3, 0.4) is 0 Å². The van der Waals surface area contributed by atoms with Crippen LogP contribution in [0.4, 0.5) is 0 Å². The molecule has 1 atom stereocenters. The van der Waals surface area contributed by atoms with Gasteiger partial charge in [-0.05, 0) is 25.1 Å². The first kappa shape index (κ1) is 11.5. The second kappa shape index (κ2) is 4.93. The molecule has 0 saturated carbocycles. The van der Waals surface area contributed by atoms with Crippen molar-refractivity contribution in [3.05, 3.63) is 53.6 Å². The molecule has 2 aromatic rings. The zero-order valence-electron chi connectivity index (χ0n) is 9.79. The number of aliphatic hydroxyl groups excluding tert-OH is 1. The highest BCUT2D eigenvalue weighted by Crippen LogP contribution is 2.29. The molecule has 0 bridgehead atoms. The van der Waals surface area contributed by atoms with Gasteiger partial charge in [0.2, 0.25) is 0 Å². The summed E-state index contributed by atoms with van der Waals surface area (Å²) in [6.45, 7) is 1.97. The summed E-state index contributed by atoms with van der Waals surface area (Å²) in [7, 11) is 1.58. The smallest absolute Gasteiger partial charge is 0.125 e. The first-order chi connectivity index (χ1) is 8.22. The molecule has 0 saturated heterocycles. The summed E-state index contributed by atoms with van der Waals surface area (Å²) in [5.74, 6) is 0.654. The Morgan fingerprint density at radius 1 is 1.29 bits per heavy atom. The molecule has 0 aliphatic heterocycles. The van der Waals surface area contributed by atoms with Gasteiger partial charge in [0, 0.05) is 11.8 Å². The molecule has 0 fully saturated rings. The molecule has 0 spiro atoms.